The Morgan fingerprint density at radius 1 is 0.614 bits per heavy atom. The van der Waals surface area contributed by atoms with Crippen LogP contribution in [-0.2, 0) is 35.4 Å². The number of aryl methyl sites for hydroxylation is 1. The molecule has 6 heteroatoms. The van der Waals surface area contributed by atoms with Crippen LogP contribution < -0.4 is 4.90 Å². The van der Waals surface area contributed by atoms with Crippen LogP contribution in [0.4, 0.5) is 5.69 Å². The van der Waals surface area contributed by atoms with E-state index in [2.05, 4.69) is 58.4 Å². The molecule has 0 aliphatic heterocycles. The summed E-state index contributed by atoms with van der Waals surface area (Å²) in [5.41, 5.74) is 6.72. The van der Waals surface area contributed by atoms with E-state index in [1.165, 1.54) is 10.9 Å². The number of amides is 2. The van der Waals surface area contributed by atoms with E-state index in [9.17, 15) is 9.59 Å². The number of rotatable bonds is 14. The van der Waals surface area contributed by atoms with Gasteiger partial charge in [-0.3, -0.25) is 9.59 Å². The number of fused-ring (bicyclic) bond motifs is 1. The molecule has 1 heterocycles. The number of aromatic amines is 1. The summed E-state index contributed by atoms with van der Waals surface area (Å²) >= 11 is 0. The molecule has 0 atom stereocenters. The Bertz CT molecular complexity index is 1630. The Balaban J connectivity index is 1.33. The van der Waals surface area contributed by atoms with E-state index in [1.807, 2.05) is 85.9 Å². The maximum absolute atomic E-state index is 14.1. The number of carbonyl (C=O) groups excluding carboxylic acids is 2. The van der Waals surface area contributed by atoms with Crippen molar-refractivity contribution in [3.05, 3.63) is 138 Å². The predicted molar refractivity (Wildman–Crippen MR) is 180 cm³/mol. The van der Waals surface area contributed by atoms with E-state index in [-0.39, 0.29) is 18.4 Å². The van der Waals surface area contributed by atoms with E-state index < -0.39 is 0 Å². The minimum absolute atomic E-state index is 0.00467. The number of H-pyrrole nitrogens is 1. The fourth-order valence-corrected chi connectivity index (χ4v) is 5.52. The van der Waals surface area contributed by atoms with Gasteiger partial charge in [0.1, 0.15) is 0 Å². The number of hydrogen-bond acceptors (Lipinski definition) is 3. The van der Waals surface area contributed by atoms with Crippen molar-refractivity contribution in [2.75, 3.05) is 38.6 Å². The van der Waals surface area contributed by atoms with E-state index in [0.717, 1.165) is 34.3 Å². The second kappa shape index (κ2) is 15.1. The third kappa shape index (κ3) is 8.38. The first-order valence-electron chi connectivity index (χ1n) is 15.4. The van der Waals surface area contributed by atoms with Crippen LogP contribution in [0.15, 0.2) is 115 Å². The lowest BCUT2D eigenvalue weighted by Gasteiger charge is -2.28. The van der Waals surface area contributed by atoms with Crippen LogP contribution in [0.3, 0.4) is 0 Å². The second-order valence-corrected chi connectivity index (χ2v) is 11.5. The zero-order valence-electron chi connectivity index (χ0n) is 25.8. The second-order valence-electron chi connectivity index (χ2n) is 11.5. The summed E-state index contributed by atoms with van der Waals surface area (Å²) in [6.45, 7) is 1.60. The van der Waals surface area contributed by atoms with Crippen LogP contribution >= 0.6 is 0 Å². The number of benzene rings is 4. The van der Waals surface area contributed by atoms with Gasteiger partial charge in [0, 0.05) is 62.9 Å². The van der Waals surface area contributed by atoms with Gasteiger partial charge in [-0.1, -0.05) is 91.0 Å². The molecule has 0 fully saturated rings. The van der Waals surface area contributed by atoms with E-state index in [0.29, 0.717) is 38.9 Å². The highest BCUT2D eigenvalue weighted by Crippen LogP contribution is 2.20. The molecule has 0 aliphatic carbocycles. The number of nitrogens with zero attached hydrogens (tertiary/aromatic N) is 3. The van der Waals surface area contributed by atoms with Gasteiger partial charge in [0.2, 0.25) is 11.8 Å². The minimum atomic E-state index is -0.0392. The van der Waals surface area contributed by atoms with E-state index in [4.69, 9.17) is 0 Å². The Labute approximate surface area is 260 Å². The van der Waals surface area contributed by atoms with Crippen molar-refractivity contribution in [1.82, 2.24) is 14.8 Å². The number of anilines is 1. The van der Waals surface area contributed by atoms with Crippen molar-refractivity contribution in [3.63, 3.8) is 0 Å². The third-order valence-electron chi connectivity index (χ3n) is 8.17. The standard InChI is InChI=1S/C38H42N4O2/c1-40(2)34-20-17-32(18-21-34)28-41(26-24-33-27-39-36-16-10-9-15-35(33)36)38(44)29-42(25-23-31-13-7-4-8-14-31)37(43)22-19-30-11-5-3-6-12-30/h3-18,20-21,27,39H,19,22-26,28-29H2,1-2H3. The lowest BCUT2D eigenvalue weighted by molar-refractivity contribution is -0.140. The van der Waals surface area contributed by atoms with Crippen molar-refractivity contribution in [3.8, 4) is 0 Å². The lowest BCUT2D eigenvalue weighted by atomic mass is 10.1. The number of nitrogens with one attached hydrogen (secondary N) is 1. The van der Waals surface area contributed by atoms with Crippen molar-refractivity contribution in [1.29, 1.82) is 0 Å². The Hall–Kier alpha value is -4.84. The summed E-state index contributed by atoms with van der Waals surface area (Å²) in [7, 11) is 4.04. The summed E-state index contributed by atoms with van der Waals surface area (Å²) < 4.78 is 0. The molecule has 0 radical (unpaired) electrons. The number of hydrogen-bond donors (Lipinski definition) is 1. The van der Waals surface area contributed by atoms with Gasteiger partial charge >= 0.3 is 0 Å². The molecule has 5 rings (SSSR count). The zero-order valence-corrected chi connectivity index (χ0v) is 25.8. The first-order valence-corrected chi connectivity index (χ1v) is 15.4. The Morgan fingerprint density at radius 3 is 1.91 bits per heavy atom. The van der Waals surface area contributed by atoms with Crippen molar-refractivity contribution in [2.24, 2.45) is 0 Å². The normalized spacial score (nSPS) is 11.0. The molecule has 1 aromatic heterocycles. The highest BCUT2D eigenvalue weighted by Gasteiger charge is 2.22. The summed E-state index contributed by atoms with van der Waals surface area (Å²) in [5, 5.41) is 1.18. The largest absolute Gasteiger partial charge is 0.378 e. The van der Waals surface area contributed by atoms with Crippen LogP contribution in [0.5, 0.6) is 0 Å². The first-order chi connectivity index (χ1) is 21.5. The first kappa shape index (κ1) is 30.6. The summed E-state index contributed by atoms with van der Waals surface area (Å²) in [5.74, 6) is -0.0345. The zero-order chi connectivity index (χ0) is 30.7. The van der Waals surface area contributed by atoms with Crippen LogP contribution in [0.25, 0.3) is 10.9 Å². The van der Waals surface area contributed by atoms with Crippen molar-refractivity contribution >= 4 is 28.4 Å². The molecule has 44 heavy (non-hydrogen) atoms. The van der Waals surface area contributed by atoms with Gasteiger partial charge < -0.3 is 19.7 Å². The molecule has 226 valence electrons. The average molecular weight is 587 g/mol. The fourth-order valence-electron chi connectivity index (χ4n) is 5.52. The van der Waals surface area contributed by atoms with Gasteiger partial charge in [0.05, 0.1) is 6.54 Å². The van der Waals surface area contributed by atoms with Gasteiger partial charge in [-0.05, 0) is 59.7 Å². The van der Waals surface area contributed by atoms with Crippen LogP contribution in [0.1, 0.15) is 28.7 Å². The molecular weight excluding hydrogens is 544 g/mol. The molecular formula is C38H42N4O2. The molecule has 0 spiro atoms. The molecule has 0 saturated carbocycles. The SMILES string of the molecule is CN(C)c1ccc(CN(CCc2c[nH]c3ccccc23)C(=O)CN(CCc2ccccc2)C(=O)CCc2ccccc2)cc1. The van der Waals surface area contributed by atoms with Crippen LogP contribution in [0, 0.1) is 0 Å². The highest BCUT2D eigenvalue weighted by molar-refractivity contribution is 5.85. The smallest absolute Gasteiger partial charge is 0.242 e. The number of aromatic nitrogens is 1. The van der Waals surface area contributed by atoms with Crippen LogP contribution in [-0.4, -0.2) is 60.3 Å². The van der Waals surface area contributed by atoms with Gasteiger partial charge in [0.25, 0.3) is 0 Å². The molecule has 0 unspecified atom stereocenters. The number of para-hydroxylation sites is 1. The third-order valence-corrected chi connectivity index (χ3v) is 8.17. The Kier molecular flexibility index (Phi) is 10.5. The van der Waals surface area contributed by atoms with E-state index in [1.54, 1.807) is 4.90 Å². The topological polar surface area (TPSA) is 59.7 Å². The molecule has 2 amide bonds. The summed E-state index contributed by atoms with van der Waals surface area (Å²) in [6, 6.07) is 36.8. The molecule has 4 aromatic carbocycles. The molecule has 0 aliphatic rings. The molecule has 0 saturated heterocycles. The lowest BCUT2D eigenvalue weighted by Crippen LogP contribution is -2.44. The van der Waals surface area contributed by atoms with Gasteiger partial charge in [-0.15, -0.1) is 0 Å². The predicted octanol–water partition coefficient (Wildman–Crippen LogP) is 6.51. The van der Waals surface area contributed by atoms with Crippen molar-refractivity contribution < 1.29 is 9.59 Å². The van der Waals surface area contributed by atoms with Crippen molar-refractivity contribution in [2.45, 2.75) is 32.2 Å². The summed E-state index contributed by atoms with van der Waals surface area (Å²) in [6.07, 6.45) is 4.48. The minimum Gasteiger partial charge on any atom is -0.378 e. The molecule has 0 bridgehead atoms. The van der Waals surface area contributed by atoms with Gasteiger partial charge in [-0.25, -0.2) is 0 Å². The number of carbonyl (C=O) groups is 2. The Morgan fingerprint density at radius 2 is 1.23 bits per heavy atom. The maximum Gasteiger partial charge on any atom is 0.242 e. The fraction of sp³-hybridized carbons (Fsp3) is 0.263. The molecule has 6 nitrogen and oxygen atoms in total. The maximum atomic E-state index is 14.1. The monoisotopic (exact) mass is 586 g/mol. The van der Waals surface area contributed by atoms with E-state index >= 15 is 0 Å². The van der Waals surface area contributed by atoms with Crippen LogP contribution in [0.2, 0.25) is 0 Å². The average Bonchev–Trinajstić information content (AvgIpc) is 3.48. The quantitative estimate of drug-likeness (QED) is 0.161. The molecule has 1 N–H and O–H groups in total. The molecule has 5 aromatic rings. The van der Waals surface area contributed by atoms with Gasteiger partial charge in [-0.2, -0.15) is 0 Å². The summed E-state index contributed by atoms with van der Waals surface area (Å²) in [4.78, 5) is 36.7. The van der Waals surface area contributed by atoms with Gasteiger partial charge in [0.15, 0.2) is 0 Å². The highest BCUT2D eigenvalue weighted by atomic mass is 16.2.